The maximum Gasteiger partial charge on any atom is 0.227 e. The fourth-order valence-corrected chi connectivity index (χ4v) is 6.92. The van der Waals surface area contributed by atoms with Gasteiger partial charge in [0.15, 0.2) is 5.58 Å². The number of rotatable bonds is 7. The third-order valence-electron chi connectivity index (χ3n) is 9.31. The minimum atomic E-state index is 0.624. The number of oxazole rings is 1. The second kappa shape index (κ2) is 12.7. The molecule has 0 saturated carbocycles. The monoisotopic (exact) mass is 640 g/mol. The summed E-state index contributed by atoms with van der Waals surface area (Å²) in [7, 11) is 0. The molecule has 0 radical (unpaired) electrons. The maximum absolute atomic E-state index is 6.38. The van der Waals surface area contributed by atoms with E-state index >= 15 is 0 Å². The predicted molar refractivity (Wildman–Crippen MR) is 208 cm³/mol. The third-order valence-corrected chi connectivity index (χ3v) is 9.31. The first-order valence-electron chi connectivity index (χ1n) is 16.9. The van der Waals surface area contributed by atoms with Crippen LogP contribution in [0.5, 0.6) is 0 Å². The van der Waals surface area contributed by atoms with Gasteiger partial charge in [-0.2, -0.15) is 0 Å². The summed E-state index contributed by atoms with van der Waals surface area (Å²) >= 11 is 0. The number of nitrogens with zero attached hydrogens (tertiary/aromatic N) is 2. The lowest BCUT2D eigenvalue weighted by atomic mass is 9.97. The Hall–Kier alpha value is -6.71. The molecular weight excluding hydrogens is 609 g/mol. The van der Waals surface area contributed by atoms with Crippen LogP contribution in [0.3, 0.4) is 0 Å². The SMILES string of the molecule is c1ccc(-c2nc3cccc(-c4ccc(N(c5cccc(-c6cccc7ccccc67)c5)c5ccccc5-c5ccccc5)cc4)c3o2)cc1. The molecule has 0 aliphatic rings. The fraction of sp³-hybridized carbons (Fsp3) is 0. The molecule has 0 unspecified atom stereocenters. The zero-order chi connectivity index (χ0) is 33.3. The zero-order valence-electron chi connectivity index (χ0n) is 27.3. The van der Waals surface area contributed by atoms with Crippen LogP contribution in [-0.4, -0.2) is 4.98 Å². The van der Waals surface area contributed by atoms with Crippen LogP contribution in [0.2, 0.25) is 0 Å². The van der Waals surface area contributed by atoms with Crippen molar-refractivity contribution in [2.24, 2.45) is 0 Å². The van der Waals surface area contributed by atoms with Crippen molar-refractivity contribution in [1.29, 1.82) is 0 Å². The van der Waals surface area contributed by atoms with Crippen LogP contribution >= 0.6 is 0 Å². The predicted octanol–water partition coefficient (Wildman–Crippen LogP) is 13.1. The first-order chi connectivity index (χ1) is 24.8. The van der Waals surface area contributed by atoms with Crippen molar-refractivity contribution in [1.82, 2.24) is 4.98 Å². The largest absolute Gasteiger partial charge is 0.435 e. The lowest BCUT2D eigenvalue weighted by Crippen LogP contribution is -2.11. The molecule has 1 aromatic heterocycles. The van der Waals surface area contributed by atoms with Crippen molar-refractivity contribution in [3.05, 3.63) is 194 Å². The molecule has 0 fully saturated rings. The summed E-state index contributed by atoms with van der Waals surface area (Å²) < 4.78 is 6.38. The van der Waals surface area contributed by atoms with E-state index in [0.29, 0.717) is 5.89 Å². The van der Waals surface area contributed by atoms with Crippen LogP contribution in [0.15, 0.2) is 199 Å². The van der Waals surface area contributed by atoms with Gasteiger partial charge in [-0.15, -0.1) is 0 Å². The van der Waals surface area contributed by atoms with Crippen LogP contribution in [0.1, 0.15) is 0 Å². The van der Waals surface area contributed by atoms with E-state index < -0.39 is 0 Å². The summed E-state index contributed by atoms with van der Waals surface area (Å²) in [6, 6.07) is 68.2. The third kappa shape index (κ3) is 5.41. The Morgan fingerprint density at radius 2 is 1.00 bits per heavy atom. The smallest absolute Gasteiger partial charge is 0.227 e. The Labute approximate surface area is 291 Å². The van der Waals surface area contributed by atoms with Crippen molar-refractivity contribution in [2.45, 2.75) is 0 Å². The molecule has 0 aliphatic heterocycles. The van der Waals surface area contributed by atoms with Gasteiger partial charge in [-0.3, -0.25) is 0 Å². The average Bonchev–Trinajstić information content (AvgIpc) is 3.64. The molecular formula is C47H32N2O. The number of hydrogen-bond acceptors (Lipinski definition) is 3. The van der Waals surface area contributed by atoms with E-state index in [9.17, 15) is 0 Å². The summed E-state index contributed by atoms with van der Waals surface area (Å²) in [5, 5.41) is 2.47. The molecule has 9 rings (SSSR count). The highest BCUT2D eigenvalue weighted by Crippen LogP contribution is 2.43. The summed E-state index contributed by atoms with van der Waals surface area (Å²) in [5.74, 6) is 0.624. The summed E-state index contributed by atoms with van der Waals surface area (Å²) in [6.07, 6.45) is 0. The highest BCUT2D eigenvalue weighted by Gasteiger charge is 2.19. The zero-order valence-corrected chi connectivity index (χ0v) is 27.3. The van der Waals surface area contributed by atoms with Gasteiger partial charge in [0.25, 0.3) is 0 Å². The van der Waals surface area contributed by atoms with Crippen LogP contribution in [0.25, 0.3) is 66.7 Å². The molecule has 9 aromatic rings. The van der Waals surface area contributed by atoms with Crippen LogP contribution < -0.4 is 4.90 Å². The van der Waals surface area contributed by atoms with E-state index in [1.807, 2.05) is 42.5 Å². The molecule has 1 heterocycles. The molecule has 0 atom stereocenters. The van der Waals surface area contributed by atoms with Gasteiger partial charge >= 0.3 is 0 Å². The Morgan fingerprint density at radius 3 is 1.84 bits per heavy atom. The van der Waals surface area contributed by atoms with E-state index in [2.05, 4.69) is 157 Å². The van der Waals surface area contributed by atoms with Gasteiger partial charge in [0.2, 0.25) is 5.89 Å². The number of fused-ring (bicyclic) bond motifs is 2. The highest BCUT2D eigenvalue weighted by molar-refractivity contribution is 5.98. The molecule has 0 spiro atoms. The minimum Gasteiger partial charge on any atom is -0.435 e. The quantitative estimate of drug-likeness (QED) is 0.174. The number of hydrogen-bond donors (Lipinski definition) is 0. The summed E-state index contributed by atoms with van der Waals surface area (Å²) in [5.41, 5.74) is 12.6. The molecule has 0 saturated heterocycles. The number of benzene rings is 8. The highest BCUT2D eigenvalue weighted by atomic mass is 16.3. The Morgan fingerprint density at radius 1 is 0.400 bits per heavy atom. The lowest BCUT2D eigenvalue weighted by Gasteiger charge is -2.28. The molecule has 0 aliphatic carbocycles. The first kappa shape index (κ1) is 29.4. The van der Waals surface area contributed by atoms with Gasteiger partial charge in [-0.05, 0) is 81.6 Å². The van der Waals surface area contributed by atoms with E-state index in [1.54, 1.807) is 0 Å². The van der Waals surface area contributed by atoms with Crippen molar-refractivity contribution in [3.8, 4) is 44.8 Å². The number of para-hydroxylation sites is 2. The van der Waals surface area contributed by atoms with Crippen LogP contribution in [0, 0.1) is 0 Å². The number of anilines is 3. The Bertz CT molecular complexity index is 2580. The molecule has 8 aromatic carbocycles. The average molecular weight is 641 g/mol. The van der Waals surface area contributed by atoms with Crippen molar-refractivity contribution >= 4 is 38.9 Å². The standard InChI is InChI=1S/C47H32N2O/c1-3-14-34(15-4-1)42-23-9-10-27-45(42)49(39-21-11-20-37(32-39)41-24-12-19-33-16-7-8-22-40(33)41)38-30-28-35(29-31-38)43-25-13-26-44-46(43)50-47(48-44)36-17-5-2-6-18-36/h1-32H. The van der Waals surface area contributed by atoms with Crippen molar-refractivity contribution in [3.63, 3.8) is 0 Å². The van der Waals surface area contributed by atoms with Crippen LogP contribution in [-0.2, 0) is 0 Å². The maximum atomic E-state index is 6.38. The first-order valence-corrected chi connectivity index (χ1v) is 16.9. The molecule has 50 heavy (non-hydrogen) atoms. The fourth-order valence-electron chi connectivity index (χ4n) is 6.92. The molecule has 236 valence electrons. The second-order valence-corrected chi connectivity index (χ2v) is 12.4. The van der Waals surface area contributed by atoms with Gasteiger partial charge in [-0.25, -0.2) is 4.98 Å². The molecule has 0 bridgehead atoms. The van der Waals surface area contributed by atoms with E-state index in [0.717, 1.165) is 50.4 Å². The molecule has 3 heteroatoms. The lowest BCUT2D eigenvalue weighted by molar-refractivity contribution is 0.621. The van der Waals surface area contributed by atoms with E-state index in [1.165, 1.54) is 27.5 Å². The Kier molecular flexibility index (Phi) is 7.49. The van der Waals surface area contributed by atoms with Gasteiger partial charge in [0.1, 0.15) is 5.52 Å². The van der Waals surface area contributed by atoms with Crippen molar-refractivity contribution < 1.29 is 4.42 Å². The minimum absolute atomic E-state index is 0.624. The number of aromatic nitrogens is 1. The second-order valence-electron chi connectivity index (χ2n) is 12.4. The summed E-state index contributed by atoms with van der Waals surface area (Å²) in [6.45, 7) is 0. The molecule has 0 N–H and O–H groups in total. The molecule has 0 amide bonds. The van der Waals surface area contributed by atoms with E-state index in [4.69, 9.17) is 9.40 Å². The van der Waals surface area contributed by atoms with Gasteiger partial charge in [-0.1, -0.05) is 146 Å². The topological polar surface area (TPSA) is 29.3 Å². The van der Waals surface area contributed by atoms with Crippen molar-refractivity contribution in [2.75, 3.05) is 4.90 Å². The normalized spacial score (nSPS) is 11.2. The summed E-state index contributed by atoms with van der Waals surface area (Å²) in [4.78, 5) is 7.17. The van der Waals surface area contributed by atoms with Gasteiger partial charge in [0, 0.05) is 28.1 Å². The van der Waals surface area contributed by atoms with Gasteiger partial charge < -0.3 is 9.32 Å². The Balaban J connectivity index is 1.18. The van der Waals surface area contributed by atoms with E-state index in [-0.39, 0.29) is 0 Å². The van der Waals surface area contributed by atoms with Crippen LogP contribution in [0.4, 0.5) is 17.1 Å². The van der Waals surface area contributed by atoms with Gasteiger partial charge in [0.05, 0.1) is 5.69 Å². The molecule has 3 nitrogen and oxygen atoms in total.